The third-order valence-corrected chi connectivity index (χ3v) is 3.93. The Bertz CT molecular complexity index is 882. The van der Waals surface area contributed by atoms with Crippen LogP contribution >= 0.6 is 0 Å². The standard InChI is InChI=1S/C20H20N2O3/c1-4-25-20(23)19-13-18(17-8-6-5-7-14(17)2)21-22(19)15-9-11-16(24-3)12-10-15/h5-13H,4H2,1-3H3. The summed E-state index contributed by atoms with van der Waals surface area (Å²) in [6.45, 7) is 4.12. The topological polar surface area (TPSA) is 53.3 Å². The number of aromatic nitrogens is 2. The molecule has 2 aromatic carbocycles. The molecular formula is C20H20N2O3. The third-order valence-electron chi connectivity index (χ3n) is 3.93. The molecule has 0 aliphatic heterocycles. The van der Waals surface area contributed by atoms with Gasteiger partial charge in [-0.2, -0.15) is 5.10 Å². The second-order valence-electron chi connectivity index (χ2n) is 5.56. The minimum atomic E-state index is -0.398. The van der Waals surface area contributed by atoms with Crippen LogP contribution in [0.1, 0.15) is 23.0 Å². The van der Waals surface area contributed by atoms with E-state index in [0.717, 1.165) is 28.3 Å². The Hall–Kier alpha value is -3.08. The second kappa shape index (κ2) is 7.21. The van der Waals surface area contributed by atoms with Crippen LogP contribution in [0.25, 0.3) is 16.9 Å². The molecule has 0 aliphatic carbocycles. The van der Waals surface area contributed by atoms with E-state index in [-0.39, 0.29) is 0 Å². The highest BCUT2D eigenvalue weighted by Gasteiger charge is 2.19. The first kappa shape index (κ1) is 16.8. The number of nitrogens with zero attached hydrogens (tertiary/aromatic N) is 2. The Morgan fingerprint density at radius 2 is 1.84 bits per heavy atom. The molecule has 5 heteroatoms. The summed E-state index contributed by atoms with van der Waals surface area (Å²) in [5.41, 5.74) is 3.98. The van der Waals surface area contributed by atoms with E-state index in [1.165, 1.54) is 0 Å². The number of hydrogen-bond acceptors (Lipinski definition) is 4. The van der Waals surface area contributed by atoms with Gasteiger partial charge in [-0.1, -0.05) is 24.3 Å². The van der Waals surface area contributed by atoms with Crippen molar-refractivity contribution in [3.63, 3.8) is 0 Å². The number of hydrogen-bond donors (Lipinski definition) is 0. The van der Waals surface area contributed by atoms with E-state index < -0.39 is 5.97 Å². The second-order valence-corrected chi connectivity index (χ2v) is 5.56. The summed E-state index contributed by atoms with van der Waals surface area (Å²) in [6.07, 6.45) is 0. The molecule has 0 spiro atoms. The molecule has 0 atom stereocenters. The molecule has 128 valence electrons. The fourth-order valence-corrected chi connectivity index (χ4v) is 2.64. The Labute approximate surface area is 146 Å². The molecule has 3 aromatic rings. The van der Waals surface area contributed by atoms with Crippen molar-refractivity contribution >= 4 is 5.97 Å². The van der Waals surface area contributed by atoms with Crippen LogP contribution in [0.3, 0.4) is 0 Å². The van der Waals surface area contributed by atoms with Crippen molar-refractivity contribution in [2.75, 3.05) is 13.7 Å². The van der Waals surface area contributed by atoms with Crippen molar-refractivity contribution in [3.05, 3.63) is 65.9 Å². The summed E-state index contributed by atoms with van der Waals surface area (Å²) in [7, 11) is 1.61. The minimum absolute atomic E-state index is 0.312. The Kier molecular flexibility index (Phi) is 4.84. The number of carbonyl (C=O) groups excluding carboxylic acids is 1. The normalized spacial score (nSPS) is 10.5. The number of carbonyl (C=O) groups is 1. The zero-order valence-electron chi connectivity index (χ0n) is 14.5. The fourth-order valence-electron chi connectivity index (χ4n) is 2.64. The molecule has 0 saturated heterocycles. The number of rotatable bonds is 5. The Balaban J connectivity index is 2.11. The predicted molar refractivity (Wildman–Crippen MR) is 96.2 cm³/mol. The van der Waals surface area contributed by atoms with E-state index in [1.807, 2.05) is 55.5 Å². The van der Waals surface area contributed by atoms with E-state index in [9.17, 15) is 4.79 Å². The lowest BCUT2D eigenvalue weighted by Gasteiger charge is -2.07. The van der Waals surface area contributed by atoms with Crippen LogP contribution < -0.4 is 4.74 Å². The maximum Gasteiger partial charge on any atom is 0.357 e. The van der Waals surface area contributed by atoms with Crippen LogP contribution in [-0.2, 0) is 4.74 Å². The maximum absolute atomic E-state index is 12.4. The molecule has 0 unspecified atom stereocenters. The van der Waals surface area contributed by atoms with Gasteiger partial charge in [0.1, 0.15) is 5.75 Å². The molecule has 5 nitrogen and oxygen atoms in total. The molecule has 0 N–H and O–H groups in total. The van der Waals surface area contributed by atoms with Gasteiger partial charge in [-0.25, -0.2) is 9.48 Å². The van der Waals surface area contributed by atoms with Gasteiger partial charge >= 0.3 is 5.97 Å². The molecule has 1 aromatic heterocycles. The Morgan fingerprint density at radius 3 is 2.48 bits per heavy atom. The Morgan fingerprint density at radius 1 is 1.12 bits per heavy atom. The highest BCUT2D eigenvalue weighted by molar-refractivity contribution is 5.90. The van der Waals surface area contributed by atoms with Gasteiger partial charge in [0.2, 0.25) is 0 Å². The van der Waals surface area contributed by atoms with Crippen LogP contribution in [0.5, 0.6) is 5.75 Å². The summed E-state index contributed by atoms with van der Waals surface area (Å²) >= 11 is 0. The van der Waals surface area contributed by atoms with Crippen LogP contribution in [-0.4, -0.2) is 29.5 Å². The smallest absolute Gasteiger partial charge is 0.357 e. The van der Waals surface area contributed by atoms with Gasteiger partial charge in [0.25, 0.3) is 0 Å². The first-order valence-corrected chi connectivity index (χ1v) is 8.11. The SMILES string of the molecule is CCOC(=O)c1cc(-c2ccccc2C)nn1-c1ccc(OC)cc1. The van der Waals surface area contributed by atoms with Gasteiger partial charge in [0, 0.05) is 5.56 Å². The van der Waals surface area contributed by atoms with Crippen LogP contribution in [0, 0.1) is 6.92 Å². The zero-order valence-corrected chi connectivity index (χ0v) is 14.5. The van der Waals surface area contributed by atoms with Crippen LogP contribution in [0.15, 0.2) is 54.6 Å². The average molecular weight is 336 g/mol. The number of ether oxygens (including phenoxy) is 2. The molecule has 0 fully saturated rings. The van der Waals surface area contributed by atoms with Crippen molar-refractivity contribution in [2.45, 2.75) is 13.8 Å². The van der Waals surface area contributed by atoms with Gasteiger partial charge in [-0.05, 0) is 49.7 Å². The lowest BCUT2D eigenvalue weighted by molar-refractivity contribution is 0.0515. The first-order chi connectivity index (χ1) is 12.1. The molecule has 0 radical (unpaired) electrons. The molecule has 3 rings (SSSR count). The number of aryl methyl sites for hydroxylation is 1. The molecule has 0 amide bonds. The zero-order chi connectivity index (χ0) is 17.8. The van der Waals surface area contributed by atoms with Gasteiger partial charge in [0.15, 0.2) is 5.69 Å². The van der Waals surface area contributed by atoms with Gasteiger partial charge in [-0.3, -0.25) is 0 Å². The lowest BCUT2D eigenvalue weighted by Crippen LogP contribution is -2.11. The average Bonchev–Trinajstić information content (AvgIpc) is 3.07. The maximum atomic E-state index is 12.4. The summed E-state index contributed by atoms with van der Waals surface area (Å²) in [5, 5.41) is 4.65. The first-order valence-electron chi connectivity index (χ1n) is 8.11. The molecule has 1 heterocycles. The molecule has 0 saturated carbocycles. The van der Waals surface area contributed by atoms with Crippen molar-refractivity contribution in [1.82, 2.24) is 9.78 Å². The molecule has 0 bridgehead atoms. The molecule has 25 heavy (non-hydrogen) atoms. The van der Waals surface area contributed by atoms with Crippen molar-refractivity contribution < 1.29 is 14.3 Å². The number of benzene rings is 2. The van der Waals surface area contributed by atoms with Gasteiger partial charge < -0.3 is 9.47 Å². The highest BCUT2D eigenvalue weighted by atomic mass is 16.5. The fraction of sp³-hybridized carbons (Fsp3) is 0.200. The minimum Gasteiger partial charge on any atom is -0.497 e. The van der Waals surface area contributed by atoms with E-state index in [4.69, 9.17) is 9.47 Å². The molecule has 0 aliphatic rings. The van der Waals surface area contributed by atoms with Gasteiger partial charge in [-0.15, -0.1) is 0 Å². The summed E-state index contributed by atoms with van der Waals surface area (Å²) in [5.74, 6) is 0.346. The quantitative estimate of drug-likeness (QED) is 0.660. The summed E-state index contributed by atoms with van der Waals surface area (Å²) < 4.78 is 12.0. The number of esters is 1. The molecular weight excluding hydrogens is 316 g/mol. The lowest BCUT2D eigenvalue weighted by atomic mass is 10.1. The van der Waals surface area contributed by atoms with E-state index in [2.05, 4.69) is 5.10 Å². The van der Waals surface area contributed by atoms with Crippen molar-refractivity contribution in [2.24, 2.45) is 0 Å². The van der Waals surface area contributed by atoms with Crippen LogP contribution in [0.4, 0.5) is 0 Å². The number of methoxy groups -OCH3 is 1. The largest absolute Gasteiger partial charge is 0.497 e. The summed E-state index contributed by atoms with van der Waals surface area (Å²) in [6, 6.07) is 17.1. The van der Waals surface area contributed by atoms with Crippen molar-refractivity contribution in [3.8, 4) is 22.7 Å². The summed E-state index contributed by atoms with van der Waals surface area (Å²) in [4.78, 5) is 12.4. The van der Waals surface area contributed by atoms with E-state index in [0.29, 0.717) is 12.3 Å². The van der Waals surface area contributed by atoms with Crippen LogP contribution in [0.2, 0.25) is 0 Å². The van der Waals surface area contributed by atoms with E-state index >= 15 is 0 Å². The third kappa shape index (κ3) is 3.40. The van der Waals surface area contributed by atoms with Gasteiger partial charge in [0.05, 0.1) is 25.1 Å². The van der Waals surface area contributed by atoms with E-state index in [1.54, 1.807) is 24.8 Å². The predicted octanol–water partition coefficient (Wildman–Crippen LogP) is 4.03. The van der Waals surface area contributed by atoms with Crippen molar-refractivity contribution in [1.29, 1.82) is 0 Å². The monoisotopic (exact) mass is 336 g/mol. The highest BCUT2D eigenvalue weighted by Crippen LogP contribution is 2.25.